The van der Waals surface area contributed by atoms with Gasteiger partial charge in [-0.3, -0.25) is 14.2 Å². The molecule has 9 nitrogen and oxygen atoms in total. The molecule has 0 unspecified atom stereocenters. The van der Waals surface area contributed by atoms with Crippen molar-refractivity contribution in [3.05, 3.63) is 75.6 Å². The monoisotopic (exact) mass is 449 g/mol. The molecule has 1 saturated heterocycles. The van der Waals surface area contributed by atoms with Crippen LogP contribution in [0.25, 0.3) is 11.2 Å². The number of ketones is 1. The lowest BCUT2D eigenvalue weighted by molar-refractivity contribution is 0.0987. The predicted octanol–water partition coefficient (Wildman–Crippen LogP) is 3.05. The standard InChI is InChI=1S/C22H20ClN7O2/c1-2-17(31)14-12-25-22(24)26-19(14)28-10-9-16(28)20-27-29-11-8-15(23)18(29)21(32)30(20)13-6-4-3-5-7-13/h3-8,11-12,16H,2,9-10H2,1H3,(H2,24,25,26)/t16-/m0/s1. The van der Waals surface area contributed by atoms with Crippen LogP contribution < -0.4 is 16.2 Å². The van der Waals surface area contributed by atoms with Crippen molar-refractivity contribution in [1.82, 2.24) is 24.1 Å². The van der Waals surface area contributed by atoms with Gasteiger partial charge in [0.1, 0.15) is 11.3 Å². The molecule has 5 rings (SSSR count). The number of hydrogen-bond acceptors (Lipinski definition) is 7. The number of carbonyl (C=O) groups is 1. The maximum absolute atomic E-state index is 13.5. The molecule has 2 N–H and O–H groups in total. The molecule has 0 bridgehead atoms. The average molecular weight is 450 g/mol. The van der Waals surface area contributed by atoms with Crippen molar-refractivity contribution in [3.8, 4) is 5.69 Å². The third kappa shape index (κ3) is 3.13. The lowest BCUT2D eigenvalue weighted by atomic mass is 9.99. The van der Waals surface area contributed by atoms with Gasteiger partial charge < -0.3 is 10.6 Å². The second-order valence-corrected chi connectivity index (χ2v) is 7.94. The van der Waals surface area contributed by atoms with E-state index < -0.39 is 0 Å². The zero-order valence-electron chi connectivity index (χ0n) is 17.3. The Balaban J connectivity index is 1.71. The van der Waals surface area contributed by atoms with Gasteiger partial charge in [0.15, 0.2) is 11.6 Å². The normalized spacial score (nSPS) is 15.7. The Hall–Kier alpha value is -3.72. The van der Waals surface area contributed by atoms with Crippen LogP contribution in [0.3, 0.4) is 0 Å². The van der Waals surface area contributed by atoms with Crippen LogP contribution in [0, 0.1) is 0 Å². The summed E-state index contributed by atoms with van der Waals surface area (Å²) < 4.78 is 3.08. The molecule has 4 heterocycles. The second kappa shape index (κ2) is 7.76. The van der Waals surface area contributed by atoms with Gasteiger partial charge in [-0.25, -0.2) is 9.50 Å². The second-order valence-electron chi connectivity index (χ2n) is 7.53. The third-order valence-corrected chi connectivity index (χ3v) is 5.98. The minimum atomic E-state index is -0.286. The summed E-state index contributed by atoms with van der Waals surface area (Å²) >= 11 is 6.28. The molecule has 0 radical (unpaired) electrons. The van der Waals surface area contributed by atoms with Gasteiger partial charge in [-0.05, 0) is 24.6 Å². The topological polar surface area (TPSA) is 111 Å². The van der Waals surface area contributed by atoms with E-state index in [1.165, 1.54) is 10.7 Å². The predicted molar refractivity (Wildman–Crippen MR) is 122 cm³/mol. The van der Waals surface area contributed by atoms with Gasteiger partial charge in [0.2, 0.25) is 5.95 Å². The number of aromatic nitrogens is 5. The van der Waals surface area contributed by atoms with Crippen LogP contribution in [0.5, 0.6) is 0 Å². The fourth-order valence-electron chi connectivity index (χ4n) is 3.99. The van der Waals surface area contributed by atoms with E-state index in [9.17, 15) is 9.59 Å². The van der Waals surface area contributed by atoms with Crippen LogP contribution in [0.2, 0.25) is 5.02 Å². The SMILES string of the molecule is CCC(=O)c1cnc(N)nc1N1CC[C@H]1c1nn2ccc(Cl)c2c(=O)n1-c1ccccc1. The number of hydrogen-bond donors (Lipinski definition) is 1. The molecule has 32 heavy (non-hydrogen) atoms. The number of carbonyl (C=O) groups excluding carboxylic acids is 1. The molecular weight excluding hydrogens is 430 g/mol. The van der Waals surface area contributed by atoms with E-state index in [0.29, 0.717) is 46.4 Å². The Morgan fingerprint density at radius 3 is 2.72 bits per heavy atom. The van der Waals surface area contributed by atoms with E-state index in [1.54, 1.807) is 23.8 Å². The molecule has 0 saturated carbocycles. The summed E-state index contributed by atoms with van der Waals surface area (Å²) in [5.74, 6) is 0.991. The van der Waals surface area contributed by atoms with E-state index in [4.69, 9.17) is 22.4 Å². The number of nitrogens with zero attached hydrogens (tertiary/aromatic N) is 6. The molecule has 0 amide bonds. The van der Waals surface area contributed by atoms with Crippen molar-refractivity contribution in [2.24, 2.45) is 0 Å². The molecule has 1 fully saturated rings. The number of benzene rings is 1. The molecule has 162 valence electrons. The maximum Gasteiger partial charge on any atom is 0.284 e. The fourth-order valence-corrected chi connectivity index (χ4v) is 4.21. The summed E-state index contributed by atoms with van der Waals surface area (Å²) in [4.78, 5) is 36.3. The lowest BCUT2D eigenvalue weighted by Crippen LogP contribution is -2.46. The van der Waals surface area contributed by atoms with E-state index >= 15 is 0 Å². The largest absolute Gasteiger partial charge is 0.368 e. The Morgan fingerprint density at radius 1 is 1.25 bits per heavy atom. The minimum absolute atomic E-state index is 0.0771. The number of nitrogens with two attached hydrogens (primary N) is 1. The number of Topliss-reactive ketones (excluding diaryl/α,β-unsaturated/α-hetero) is 1. The fraction of sp³-hybridized carbons (Fsp3) is 0.227. The van der Waals surface area contributed by atoms with E-state index in [0.717, 1.165) is 6.42 Å². The summed E-state index contributed by atoms with van der Waals surface area (Å²) in [7, 11) is 0. The Morgan fingerprint density at radius 2 is 2.03 bits per heavy atom. The molecule has 10 heteroatoms. The molecule has 3 aromatic heterocycles. The first kappa shape index (κ1) is 20.2. The Kier molecular flexibility index (Phi) is 4.90. The number of halogens is 1. The average Bonchev–Trinajstić information content (AvgIpc) is 3.14. The van der Waals surface area contributed by atoms with Gasteiger partial charge in [-0.2, -0.15) is 10.1 Å². The highest BCUT2D eigenvalue weighted by Crippen LogP contribution is 2.38. The molecule has 1 aromatic carbocycles. The molecule has 4 aromatic rings. The van der Waals surface area contributed by atoms with E-state index in [1.807, 2.05) is 35.2 Å². The highest BCUT2D eigenvalue weighted by molar-refractivity contribution is 6.33. The first-order chi connectivity index (χ1) is 15.5. The first-order valence-corrected chi connectivity index (χ1v) is 10.6. The van der Waals surface area contributed by atoms with Gasteiger partial charge in [-0.1, -0.05) is 36.7 Å². The van der Waals surface area contributed by atoms with Crippen LogP contribution in [0.4, 0.5) is 11.8 Å². The smallest absolute Gasteiger partial charge is 0.284 e. The summed E-state index contributed by atoms with van der Waals surface area (Å²) in [6, 6.07) is 10.6. The number of para-hydroxylation sites is 1. The highest BCUT2D eigenvalue weighted by Gasteiger charge is 2.37. The number of rotatable bonds is 5. The number of fused-ring (bicyclic) bond motifs is 1. The number of anilines is 2. The number of nitrogen functional groups attached to an aromatic ring is 1. The van der Waals surface area contributed by atoms with Gasteiger partial charge >= 0.3 is 0 Å². The van der Waals surface area contributed by atoms with Crippen LogP contribution in [0.15, 0.2) is 53.6 Å². The highest BCUT2D eigenvalue weighted by atomic mass is 35.5. The summed E-state index contributed by atoms with van der Waals surface area (Å²) in [5.41, 5.74) is 6.96. The molecule has 0 aliphatic carbocycles. The molecule has 0 spiro atoms. The van der Waals surface area contributed by atoms with Crippen molar-refractivity contribution in [3.63, 3.8) is 0 Å². The Bertz CT molecular complexity index is 1400. The summed E-state index contributed by atoms with van der Waals surface area (Å²) in [6.45, 7) is 2.43. The van der Waals surface area contributed by atoms with Crippen molar-refractivity contribution >= 4 is 34.7 Å². The minimum Gasteiger partial charge on any atom is -0.368 e. The lowest BCUT2D eigenvalue weighted by Gasteiger charge is -2.42. The Labute approximate surface area is 188 Å². The first-order valence-electron chi connectivity index (χ1n) is 10.3. The quantitative estimate of drug-likeness (QED) is 0.466. The van der Waals surface area contributed by atoms with Crippen molar-refractivity contribution in [1.29, 1.82) is 0 Å². The molecular formula is C22H20ClN7O2. The maximum atomic E-state index is 13.5. The van der Waals surface area contributed by atoms with Crippen molar-refractivity contribution < 1.29 is 4.79 Å². The van der Waals surface area contributed by atoms with Crippen LogP contribution in [-0.2, 0) is 0 Å². The zero-order chi connectivity index (χ0) is 22.4. The van der Waals surface area contributed by atoms with Gasteiger partial charge in [0.25, 0.3) is 5.56 Å². The van der Waals surface area contributed by atoms with Gasteiger partial charge in [-0.15, -0.1) is 0 Å². The van der Waals surface area contributed by atoms with Crippen molar-refractivity contribution in [2.75, 3.05) is 17.2 Å². The van der Waals surface area contributed by atoms with E-state index in [2.05, 4.69) is 9.97 Å². The molecule has 1 atom stereocenters. The van der Waals surface area contributed by atoms with Gasteiger partial charge in [0.05, 0.1) is 22.3 Å². The van der Waals surface area contributed by atoms with E-state index in [-0.39, 0.29) is 23.3 Å². The zero-order valence-corrected chi connectivity index (χ0v) is 18.0. The third-order valence-electron chi connectivity index (χ3n) is 5.68. The van der Waals surface area contributed by atoms with Crippen LogP contribution >= 0.6 is 11.6 Å². The van der Waals surface area contributed by atoms with Crippen molar-refractivity contribution in [2.45, 2.75) is 25.8 Å². The molecule has 1 aliphatic heterocycles. The summed E-state index contributed by atoms with van der Waals surface area (Å²) in [5, 5.41) is 5.08. The van der Waals surface area contributed by atoms with Gasteiger partial charge in [0, 0.05) is 25.4 Å². The van der Waals surface area contributed by atoms with Crippen LogP contribution in [0.1, 0.15) is 42.0 Å². The summed E-state index contributed by atoms with van der Waals surface area (Å²) in [6.07, 6.45) is 4.17. The van der Waals surface area contributed by atoms with Crippen LogP contribution in [-0.4, -0.2) is 36.5 Å². The molecule has 1 aliphatic rings.